The summed E-state index contributed by atoms with van der Waals surface area (Å²) in [6.45, 7) is 21.2. The quantitative estimate of drug-likeness (QED) is 0.146. The molecule has 4 rings (SSSR count). The van der Waals surface area contributed by atoms with Crippen molar-refractivity contribution in [3.63, 3.8) is 0 Å². The van der Waals surface area contributed by atoms with Gasteiger partial charge in [0.2, 0.25) is 11.7 Å². The van der Waals surface area contributed by atoms with Crippen molar-refractivity contribution in [3.8, 4) is 5.75 Å². The predicted molar refractivity (Wildman–Crippen MR) is 169 cm³/mol. The number of carbonyl (C=O) groups excluding carboxylic acids is 1. The van der Waals surface area contributed by atoms with Gasteiger partial charge >= 0.3 is 5.69 Å². The average Bonchev–Trinajstić information content (AvgIpc) is 3.02. The van der Waals surface area contributed by atoms with Gasteiger partial charge in [-0.25, -0.2) is 0 Å². The second-order valence-corrected chi connectivity index (χ2v) is 10.7. The Morgan fingerprint density at radius 3 is 2.19 bits per heavy atom. The Hall–Kier alpha value is -4.37. The van der Waals surface area contributed by atoms with Gasteiger partial charge in [0, 0.05) is 87.2 Å². The van der Waals surface area contributed by atoms with Crippen LogP contribution in [0, 0.1) is 10.1 Å². The van der Waals surface area contributed by atoms with Crippen LogP contribution in [-0.2, 0) is 10.2 Å². The first-order chi connectivity index (χ1) is 20.3. The molecule has 1 N–H and O–H groups in total. The molecule has 0 radical (unpaired) electrons. The molecule has 2 aliphatic rings. The zero-order chi connectivity index (χ0) is 30.1. The van der Waals surface area contributed by atoms with Gasteiger partial charge in [-0.1, -0.05) is 36.9 Å². The normalized spacial score (nSPS) is 16.4. The van der Waals surface area contributed by atoms with E-state index >= 15 is 0 Å². The molecule has 9 nitrogen and oxygen atoms in total. The van der Waals surface area contributed by atoms with Gasteiger partial charge in [0.25, 0.3) is 0 Å². The van der Waals surface area contributed by atoms with E-state index in [0.29, 0.717) is 19.5 Å². The molecule has 0 aromatic heterocycles. The van der Waals surface area contributed by atoms with E-state index < -0.39 is 10.3 Å². The topological polar surface area (TPSA) is 91.2 Å². The minimum absolute atomic E-state index is 0.108. The lowest BCUT2D eigenvalue weighted by Gasteiger charge is -2.37. The van der Waals surface area contributed by atoms with Crippen molar-refractivity contribution >= 4 is 23.0 Å². The van der Waals surface area contributed by atoms with Crippen LogP contribution in [0.3, 0.4) is 0 Å². The van der Waals surface area contributed by atoms with Crippen molar-refractivity contribution in [2.75, 3.05) is 56.0 Å². The first-order valence-electron chi connectivity index (χ1n) is 14.4. The number of ether oxygens (including phenoxy) is 1. The predicted octanol–water partition coefficient (Wildman–Crippen LogP) is 5.53. The molecule has 0 saturated carbocycles. The molecule has 2 aliphatic heterocycles. The maximum Gasteiger partial charge on any atom is 0.311 e. The highest BCUT2D eigenvalue weighted by molar-refractivity contribution is 5.76. The molecule has 42 heavy (non-hydrogen) atoms. The van der Waals surface area contributed by atoms with Crippen LogP contribution >= 0.6 is 0 Å². The molecule has 2 aromatic rings. The van der Waals surface area contributed by atoms with E-state index in [1.165, 1.54) is 18.0 Å². The molecule has 222 valence electrons. The Kier molecular flexibility index (Phi) is 10.2. The van der Waals surface area contributed by atoms with Gasteiger partial charge in [0.05, 0.1) is 11.2 Å². The van der Waals surface area contributed by atoms with Crippen molar-refractivity contribution in [2.24, 2.45) is 0 Å². The fourth-order valence-electron chi connectivity index (χ4n) is 5.65. The summed E-state index contributed by atoms with van der Waals surface area (Å²) in [7, 11) is 0. The number of nitro benzene ring substituents is 1. The molecule has 2 heterocycles. The Morgan fingerprint density at radius 1 is 0.976 bits per heavy atom. The van der Waals surface area contributed by atoms with Crippen molar-refractivity contribution < 1.29 is 14.5 Å². The van der Waals surface area contributed by atoms with E-state index in [2.05, 4.69) is 65.7 Å². The molecule has 1 amide bonds. The van der Waals surface area contributed by atoms with Gasteiger partial charge in [-0.2, -0.15) is 0 Å². The van der Waals surface area contributed by atoms with Gasteiger partial charge < -0.3 is 19.9 Å². The molecular weight excluding hydrogens is 530 g/mol. The number of piperazine rings is 1. The molecule has 2 aromatic carbocycles. The van der Waals surface area contributed by atoms with Crippen LogP contribution < -0.4 is 15.0 Å². The third-order valence-corrected chi connectivity index (χ3v) is 8.35. The van der Waals surface area contributed by atoms with Crippen LogP contribution in [0.15, 0.2) is 93.3 Å². The Labute approximate surface area is 248 Å². The van der Waals surface area contributed by atoms with Gasteiger partial charge in [-0.15, -0.1) is 19.7 Å². The maximum atomic E-state index is 13.0. The lowest BCUT2D eigenvalue weighted by atomic mass is 9.81. The van der Waals surface area contributed by atoms with Crippen LogP contribution in [0.5, 0.6) is 5.75 Å². The van der Waals surface area contributed by atoms with E-state index in [1.54, 1.807) is 12.1 Å². The summed E-state index contributed by atoms with van der Waals surface area (Å²) in [5.41, 5.74) is 2.50. The number of nitro groups is 1. The third kappa shape index (κ3) is 7.09. The number of anilines is 2. The van der Waals surface area contributed by atoms with Crippen molar-refractivity contribution in [3.05, 3.63) is 109 Å². The van der Waals surface area contributed by atoms with E-state index in [9.17, 15) is 14.9 Å². The summed E-state index contributed by atoms with van der Waals surface area (Å²) in [5, 5.41) is 14.6. The van der Waals surface area contributed by atoms with Crippen LogP contribution in [0.1, 0.15) is 24.8 Å². The number of likely N-dealkylation sites (tertiary alicyclic amines) is 1. The lowest BCUT2D eigenvalue weighted by Crippen LogP contribution is -2.48. The monoisotopic (exact) mass is 571 g/mol. The van der Waals surface area contributed by atoms with Crippen LogP contribution in [-0.4, -0.2) is 72.5 Å². The fraction of sp³-hybridized carbons (Fsp3) is 0.364. The van der Waals surface area contributed by atoms with Gasteiger partial charge in [0.1, 0.15) is 0 Å². The molecule has 0 unspecified atom stereocenters. The molecule has 2 saturated heterocycles. The lowest BCUT2D eigenvalue weighted by molar-refractivity contribution is -0.385. The smallest absolute Gasteiger partial charge is 0.311 e. The van der Waals surface area contributed by atoms with E-state index in [1.807, 2.05) is 23.1 Å². The number of allylic oxidation sites excluding steroid dienone is 3. The largest absolute Gasteiger partial charge is 0.458 e. The number of nitrogens with zero attached hydrogens (tertiary/aromatic N) is 4. The van der Waals surface area contributed by atoms with E-state index in [-0.39, 0.29) is 23.4 Å². The number of piperidine rings is 1. The summed E-state index contributed by atoms with van der Waals surface area (Å²) in [6.07, 6.45) is 8.90. The molecule has 0 atom stereocenters. The van der Waals surface area contributed by atoms with E-state index in [4.69, 9.17) is 4.74 Å². The van der Waals surface area contributed by atoms with Crippen molar-refractivity contribution in [2.45, 2.75) is 30.7 Å². The number of hydrogen-bond donors (Lipinski definition) is 1. The van der Waals surface area contributed by atoms with Crippen LogP contribution in [0.4, 0.5) is 17.1 Å². The molecule has 0 bridgehead atoms. The first-order valence-corrected chi connectivity index (χ1v) is 14.4. The van der Waals surface area contributed by atoms with Crippen LogP contribution in [0.25, 0.3) is 0 Å². The number of carbonyl (C=O) groups is 1. The summed E-state index contributed by atoms with van der Waals surface area (Å²) >= 11 is 0. The second-order valence-electron chi connectivity index (χ2n) is 10.7. The highest BCUT2D eigenvalue weighted by atomic mass is 16.6. The minimum atomic E-state index is -0.479. The zero-order valence-corrected chi connectivity index (χ0v) is 24.2. The SMILES string of the molecule is C=COc1cc(NC2CCN(C(=O)CCN3CCN(c4ccc(C(C=C)(C=C)C=C)cc4)CC3)CC2)ccc1[N+](=O)[O-]. The van der Waals surface area contributed by atoms with Gasteiger partial charge in [-0.3, -0.25) is 19.8 Å². The molecule has 0 spiro atoms. The molecule has 0 aliphatic carbocycles. The van der Waals surface area contributed by atoms with Gasteiger partial charge in [0.15, 0.2) is 0 Å². The van der Waals surface area contributed by atoms with Crippen LogP contribution in [0.2, 0.25) is 0 Å². The Morgan fingerprint density at radius 2 is 1.62 bits per heavy atom. The first kappa shape index (κ1) is 30.6. The number of amides is 1. The summed E-state index contributed by atoms with van der Waals surface area (Å²) in [5.74, 6) is 0.344. The Bertz CT molecular complexity index is 1270. The molecule has 9 heteroatoms. The van der Waals surface area contributed by atoms with Crippen molar-refractivity contribution in [1.82, 2.24) is 9.80 Å². The zero-order valence-electron chi connectivity index (χ0n) is 24.2. The summed E-state index contributed by atoms with van der Waals surface area (Å²) in [6, 6.07) is 13.4. The number of nitrogens with one attached hydrogen (secondary N) is 1. The highest BCUT2D eigenvalue weighted by Crippen LogP contribution is 2.32. The van der Waals surface area contributed by atoms with E-state index in [0.717, 1.165) is 56.8 Å². The molecular formula is C33H41N5O4. The Balaban J connectivity index is 1.19. The van der Waals surface area contributed by atoms with Crippen molar-refractivity contribution in [1.29, 1.82) is 0 Å². The third-order valence-electron chi connectivity index (χ3n) is 8.35. The average molecular weight is 572 g/mol. The minimum Gasteiger partial charge on any atom is -0.458 e. The second kappa shape index (κ2) is 14.0. The number of hydrogen-bond acceptors (Lipinski definition) is 7. The highest BCUT2D eigenvalue weighted by Gasteiger charge is 2.26. The maximum absolute atomic E-state index is 13.0. The summed E-state index contributed by atoms with van der Waals surface area (Å²) < 4.78 is 5.22. The molecule has 2 fully saturated rings. The number of rotatable bonds is 13. The van der Waals surface area contributed by atoms with Gasteiger partial charge in [-0.05, 0) is 36.6 Å². The number of benzene rings is 2. The summed E-state index contributed by atoms with van der Waals surface area (Å²) in [4.78, 5) is 30.4. The standard InChI is InChI=1S/C33H41N5O4/c1-5-33(6-2,7-3)26-9-12-29(13-10-26)36-23-21-35(22-24-36)18-17-32(39)37-19-15-27(16-20-37)34-28-11-14-30(38(40)41)31(25-28)42-8-4/h5-14,25,27,34H,1-4,15-24H2. The fourth-order valence-corrected chi connectivity index (χ4v) is 5.65.